The smallest absolute Gasteiger partial charge is 0.0753 e. The van der Waals surface area contributed by atoms with Gasteiger partial charge in [-0.1, -0.05) is 0 Å². The third-order valence-electron chi connectivity index (χ3n) is 2.73. The van der Waals surface area contributed by atoms with Gasteiger partial charge >= 0.3 is 0 Å². The Morgan fingerprint density at radius 2 is 2.20 bits per heavy atom. The lowest BCUT2D eigenvalue weighted by atomic mass is 10.1. The number of hydrogen-bond donors (Lipinski definition) is 1. The van der Waals surface area contributed by atoms with Crippen molar-refractivity contribution < 1.29 is 4.74 Å². The van der Waals surface area contributed by atoms with Gasteiger partial charge in [-0.3, -0.25) is 4.68 Å². The second kappa shape index (κ2) is 3.61. The normalized spacial score (nSPS) is 16.5. The second-order valence-electron chi connectivity index (χ2n) is 4.96. The fraction of sp³-hybridized carbons (Fsp3) is 0.727. The number of rotatable bonds is 1. The molecule has 4 nitrogen and oxygen atoms in total. The average Bonchev–Trinajstić information content (AvgIpc) is 2.55. The fourth-order valence-corrected chi connectivity index (χ4v) is 2.01. The molecular formula is C11H19N3O. The first-order chi connectivity index (χ1) is 7.04. The number of hydrogen-bond acceptors (Lipinski definition) is 3. The summed E-state index contributed by atoms with van der Waals surface area (Å²) in [5, 5.41) is 4.65. The maximum Gasteiger partial charge on any atom is 0.0753 e. The highest BCUT2D eigenvalue weighted by atomic mass is 16.5. The Kier molecular flexibility index (Phi) is 2.56. The van der Waals surface area contributed by atoms with Crippen molar-refractivity contribution in [3.05, 3.63) is 17.0 Å². The Morgan fingerprint density at radius 1 is 1.47 bits per heavy atom. The summed E-state index contributed by atoms with van der Waals surface area (Å²) in [5.74, 6) is 0. The van der Waals surface area contributed by atoms with Crippen LogP contribution in [-0.4, -0.2) is 16.4 Å². The van der Waals surface area contributed by atoms with Gasteiger partial charge in [0.2, 0.25) is 0 Å². The van der Waals surface area contributed by atoms with Crippen molar-refractivity contribution in [2.24, 2.45) is 5.73 Å². The van der Waals surface area contributed by atoms with E-state index in [9.17, 15) is 0 Å². The third-order valence-corrected chi connectivity index (χ3v) is 2.73. The monoisotopic (exact) mass is 209 g/mol. The molecule has 2 heterocycles. The van der Waals surface area contributed by atoms with Gasteiger partial charge in [-0.15, -0.1) is 0 Å². The van der Waals surface area contributed by atoms with Crippen molar-refractivity contribution in [3.63, 3.8) is 0 Å². The zero-order chi connectivity index (χ0) is 11.1. The predicted octanol–water partition coefficient (Wildman–Crippen LogP) is 1.17. The zero-order valence-electron chi connectivity index (χ0n) is 9.71. The molecular weight excluding hydrogens is 190 g/mol. The van der Waals surface area contributed by atoms with E-state index in [1.807, 2.05) is 4.68 Å². The molecule has 1 aromatic rings. The molecule has 0 amide bonds. The standard InChI is InChI=1S/C11H19N3O/c1-11(2,3)14-10(6-12)8-7-15-5-4-9(8)13-14/h4-7,12H2,1-3H3. The quantitative estimate of drug-likeness (QED) is 0.755. The van der Waals surface area contributed by atoms with Gasteiger partial charge < -0.3 is 10.5 Å². The largest absolute Gasteiger partial charge is 0.376 e. The van der Waals surface area contributed by atoms with Crippen molar-refractivity contribution in [3.8, 4) is 0 Å². The summed E-state index contributed by atoms with van der Waals surface area (Å²) in [4.78, 5) is 0. The molecule has 2 N–H and O–H groups in total. The Hall–Kier alpha value is -0.870. The minimum Gasteiger partial charge on any atom is -0.376 e. The molecule has 0 aliphatic carbocycles. The molecule has 0 aromatic carbocycles. The van der Waals surface area contributed by atoms with Crippen LogP contribution in [0.25, 0.3) is 0 Å². The molecule has 0 unspecified atom stereocenters. The molecule has 4 heteroatoms. The Balaban J connectivity index is 2.51. The summed E-state index contributed by atoms with van der Waals surface area (Å²) in [6.07, 6.45) is 0.908. The SMILES string of the molecule is CC(C)(C)n1nc2c(c1CN)COCC2. The van der Waals surface area contributed by atoms with Crippen LogP contribution in [0.15, 0.2) is 0 Å². The van der Waals surface area contributed by atoms with Crippen molar-refractivity contribution in [2.75, 3.05) is 6.61 Å². The lowest BCUT2D eigenvalue weighted by Gasteiger charge is -2.22. The van der Waals surface area contributed by atoms with E-state index in [1.54, 1.807) is 0 Å². The third kappa shape index (κ3) is 1.79. The molecule has 0 fully saturated rings. The van der Waals surface area contributed by atoms with Gasteiger partial charge in [0.05, 0.1) is 30.1 Å². The van der Waals surface area contributed by atoms with Crippen LogP contribution in [-0.2, 0) is 29.8 Å². The molecule has 84 valence electrons. The van der Waals surface area contributed by atoms with Crippen LogP contribution in [0.2, 0.25) is 0 Å². The highest BCUT2D eigenvalue weighted by Gasteiger charge is 2.25. The first kappa shape index (κ1) is 10.6. The number of ether oxygens (including phenoxy) is 1. The van der Waals surface area contributed by atoms with Crippen LogP contribution in [0.5, 0.6) is 0 Å². The van der Waals surface area contributed by atoms with E-state index < -0.39 is 0 Å². The molecule has 0 atom stereocenters. The molecule has 2 rings (SSSR count). The maximum absolute atomic E-state index is 5.80. The number of fused-ring (bicyclic) bond motifs is 1. The lowest BCUT2D eigenvalue weighted by Crippen LogP contribution is -2.26. The van der Waals surface area contributed by atoms with E-state index in [4.69, 9.17) is 10.5 Å². The van der Waals surface area contributed by atoms with Gasteiger partial charge in [0.15, 0.2) is 0 Å². The molecule has 1 aliphatic rings. The molecule has 0 saturated carbocycles. The summed E-state index contributed by atoms with van der Waals surface area (Å²) >= 11 is 0. The van der Waals surface area contributed by atoms with Crippen molar-refractivity contribution in [1.29, 1.82) is 0 Å². The number of aromatic nitrogens is 2. The van der Waals surface area contributed by atoms with Crippen LogP contribution >= 0.6 is 0 Å². The summed E-state index contributed by atoms with van der Waals surface area (Å²) in [6.45, 7) is 8.40. The minimum atomic E-state index is -0.00789. The van der Waals surface area contributed by atoms with Gasteiger partial charge in [-0.05, 0) is 20.8 Å². The van der Waals surface area contributed by atoms with E-state index in [-0.39, 0.29) is 5.54 Å². The van der Waals surface area contributed by atoms with E-state index >= 15 is 0 Å². The maximum atomic E-state index is 5.80. The van der Waals surface area contributed by atoms with Crippen LogP contribution in [0, 0.1) is 0 Å². The summed E-state index contributed by atoms with van der Waals surface area (Å²) in [6, 6.07) is 0. The van der Waals surface area contributed by atoms with Crippen LogP contribution in [0.3, 0.4) is 0 Å². The van der Waals surface area contributed by atoms with Crippen molar-refractivity contribution in [2.45, 2.75) is 45.9 Å². The summed E-state index contributed by atoms with van der Waals surface area (Å²) < 4.78 is 7.50. The molecule has 1 aromatic heterocycles. The molecule has 0 saturated heterocycles. The summed E-state index contributed by atoms with van der Waals surface area (Å²) in [5.41, 5.74) is 9.28. The van der Waals surface area contributed by atoms with E-state index in [0.29, 0.717) is 13.2 Å². The van der Waals surface area contributed by atoms with Crippen molar-refractivity contribution >= 4 is 0 Å². The zero-order valence-corrected chi connectivity index (χ0v) is 9.71. The molecule has 1 aliphatic heterocycles. The topological polar surface area (TPSA) is 53.1 Å². The summed E-state index contributed by atoms with van der Waals surface area (Å²) in [7, 11) is 0. The average molecular weight is 209 g/mol. The van der Waals surface area contributed by atoms with E-state index in [1.165, 1.54) is 5.56 Å². The van der Waals surface area contributed by atoms with Crippen LogP contribution in [0.1, 0.15) is 37.7 Å². The van der Waals surface area contributed by atoms with Gasteiger partial charge in [-0.2, -0.15) is 5.10 Å². The number of nitrogens with two attached hydrogens (primary N) is 1. The first-order valence-corrected chi connectivity index (χ1v) is 5.42. The van der Waals surface area contributed by atoms with Gasteiger partial charge in [0.1, 0.15) is 0 Å². The van der Waals surface area contributed by atoms with Gasteiger partial charge in [0, 0.05) is 18.5 Å². The Morgan fingerprint density at radius 3 is 2.80 bits per heavy atom. The molecule has 0 spiro atoms. The van der Waals surface area contributed by atoms with Crippen molar-refractivity contribution in [1.82, 2.24) is 9.78 Å². The molecule has 0 radical (unpaired) electrons. The fourth-order valence-electron chi connectivity index (χ4n) is 2.01. The number of nitrogens with zero attached hydrogens (tertiary/aromatic N) is 2. The Bertz CT molecular complexity index is 363. The lowest BCUT2D eigenvalue weighted by molar-refractivity contribution is 0.109. The Labute approximate surface area is 90.4 Å². The molecule has 0 bridgehead atoms. The first-order valence-electron chi connectivity index (χ1n) is 5.42. The van der Waals surface area contributed by atoms with Crippen LogP contribution in [0.4, 0.5) is 0 Å². The predicted molar refractivity (Wildman–Crippen MR) is 58.5 cm³/mol. The van der Waals surface area contributed by atoms with Gasteiger partial charge in [-0.25, -0.2) is 0 Å². The van der Waals surface area contributed by atoms with E-state index in [0.717, 1.165) is 24.4 Å². The highest BCUT2D eigenvalue weighted by molar-refractivity contribution is 5.28. The van der Waals surface area contributed by atoms with Gasteiger partial charge in [0.25, 0.3) is 0 Å². The highest BCUT2D eigenvalue weighted by Crippen LogP contribution is 2.25. The van der Waals surface area contributed by atoms with Crippen LogP contribution < -0.4 is 5.73 Å². The minimum absolute atomic E-state index is 0.00789. The molecule has 15 heavy (non-hydrogen) atoms. The second-order valence-corrected chi connectivity index (χ2v) is 4.96. The van der Waals surface area contributed by atoms with E-state index in [2.05, 4.69) is 25.9 Å².